The van der Waals surface area contributed by atoms with Crippen LogP contribution in [-0.2, 0) is 6.54 Å². The van der Waals surface area contributed by atoms with Crippen molar-refractivity contribution < 1.29 is 4.74 Å². The van der Waals surface area contributed by atoms with E-state index in [0.717, 1.165) is 35.9 Å². The van der Waals surface area contributed by atoms with Crippen LogP contribution in [0, 0.1) is 0 Å². The molecule has 0 amide bonds. The Kier molecular flexibility index (Phi) is 5.69. The fraction of sp³-hybridized carbons (Fsp3) is 0.364. The molecule has 146 valence electrons. The normalized spacial score (nSPS) is 14.6. The van der Waals surface area contributed by atoms with Gasteiger partial charge in [-0.3, -0.25) is 9.36 Å². The highest BCUT2D eigenvalue weighted by atomic mass is 16.5. The highest BCUT2D eigenvalue weighted by Gasteiger charge is 2.14. The van der Waals surface area contributed by atoms with E-state index in [4.69, 9.17) is 9.72 Å². The smallest absolute Gasteiger partial charge is 0.266 e. The number of rotatable bonds is 7. The maximum Gasteiger partial charge on any atom is 0.266 e. The average Bonchev–Trinajstić information content (AvgIpc) is 3.25. The SMILES string of the molecule is COc1ccc(-n2c(CNCCN3CCCC3)nc3ccccc3c2=O)cc1. The van der Waals surface area contributed by atoms with Crippen molar-refractivity contribution in [1.82, 2.24) is 19.8 Å². The van der Waals surface area contributed by atoms with Crippen LogP contribution in [-0.4, -0.2) is 47.7 Å². The Bertz CT molecular complexity index is 992. The zero-order valence-corrected chi connectivity index (χ0v) is 16.2. The number of methoxy groups -OCH3 is 1. The number of nitrogens with zero attached hydrogens (tertiary/aromatic N) is 3. The van der Waals surface area contributed by atoms with Crippen LogP contribution in [0.3, 0.4) is 0 Å². The Morgan fingerprint density at radius 2 is 1.82 bits per heavy atom. The molecule has 1 saturated heterocycles. The van der Waals surface area contributed by atoms with Crippen molar-refractivity contribution in [3.63, 3.8) is 0 Å². The van der Waals surface area contributed by atoms with E-state index in [-0.39, 0.29) is 5.56 Å². The number of para-hydroxylation sites is 1. The van der Waals surface area contributed by atoms with Crippen LogP contribution in [0.25, 0.3) is 16.6 Å². The van der Waals surface area contributed by atoms with Crippen LogP contribution in [0.2, 0.25) is 0 Å². The van der Waals surface area contributed by atoms with E-state index in [1.807, 2.05) is 48.5 Å². The van der Waals surface area contributed by atoms with Gasteiger partial charge in [0, 0.05) is 13.1 Å². The van der Waals surface area contributed by atoms with Gasteiger partial charge in [-0.05, 0) is 62.3 Å². The zero-order chi connectivity index (χ0) is 19.3. The molecule has 0 aliphatic carbocycles. The maximum atomic E-state index is 13.2. The highest BCUT2D eigenvalue weighted by molar-refractivity contribution is 5.77. The third kappa shape index (κ3) is 3.93. The van der Waals surface area contributed by atoms with Crippen molar-refractivity contribution in [2.45, 2.75) is 19.4 Å². The summed E-state index contributed by atoms with van der Waals surface area (Å²) in [7, 11) is 1.63. The van der Waals surface area contributed by atoms with Crippen molar-refractivity contribution in [2.75, 3.05) is 33.3 Å². The molecule has 2 aromatic carbocycles. The second-order valence-electron chi connectivity index (χ2n) is 7.11. The number of likely N-dealkylation sites (tertiary alicyclic amines) is 1. The topological polar surface area (TPSA) is 59.4 Å². The minimum Gasteiger partial charge on any atom is -0.497 e. The Morgan fingerprint density at radius 1 is 1.07 bits per heavy atom. The van der Waals surface area contributed by atoms with Gasteiger partial charge < -0.3 is 15.0 Å². The van der Waals surface area contributed by atoms with E-state index < -0.39 is 0 Å². The number of nitrogens with one attached hydrogen (secondary N) is 1. The van der Waals surface area contributed by atoms with Crippen LogP contribution >= 0.6 is 0 Å². The number of aromatic nitrogens is 2. The van der Waals surface area contributed by atoms with E-state index in [1.165, 1.54) is 25.9 Å². The molecule has 1 aliphatic heterocycles. The van der Waals surface area contributed by atoms with Gasteiger partial charge in [-0.1, -0.05) is 12.1 Å². The van der Waals surface area contributed by atoms with Gasteiger partial charge in [0.05, 0.1) is 30.2 Å². The van der Waals surface area contributed by atoms with Crippen LogP contribution < -0.4 is 15.6 Å². The van der Waals surface area contributed by atoms with E-state index >= 15 is 0 Å². The molecule has 1 aliphatic rings. The first-order chi connectivity index (χ1) is 13.8. The second kappa shape index (κ2) is 8.54. The minimum absolute atomic E-state index is 0.0490. The van der Waals surface area contributed by atoms with Gasteiger partial charge in [0.2, 0.25) is 0 Å². The molecule has 0 saturated carbocycles. The molecule has 1 aromatic heterocycles. The molecule has 0 spiro atoms. The monoisotopic (exact) mass is 378 g/mol. The van der Waals surface area contributed by atoms with Crippen LogP contribution in [0.1, 0.15) is 18.7 Å². The van der Waals surface area contributed by atoms with Gasteiger partial charge in [-0.25, -0.2) is 4.98 Å². The van der Waals surface area contributed by atoms with Crippen LogP contribution in [0.15, 0.2) is 53.3 Å². The predicted molar refractivity (Wildman–Crippen MR) is 111 cm³/mol. The molecule has 28 heavy (non-hydrogen) atoms. The maximum absolute atomic E-state index is 13.2. The average molecular weight is 378 g/mol. The highest BCUT2D eigenvalue weighted by Crippen LogP contribution is 2.17. The van der Waals surface area contributed by atoms with Crippen LogP contribution in [0.4, 0.5) is 0 Å². The van der Waals surface area contributed by atoms with Gasteiger partial charge in [0.1, 0.15) is 11.6 Å². The van der Waals surface area contributed by atoms with Crippen LogP contribution in [0.5, 0.6) is 5.75 Å². The zero-order valence-electron chi connectivity index (χ0n) is 16.2. The number of ether oxygens (including phenoxy) is 1. The lowest BCUT2D eigenvalue weighted by atomic mass is 10.2. The number of hydrogen-bond acceptors (Lipinski definition) is 5. The molecule has 4 rings (SSSR count). The molecule has 0 bridgehead atoms. The first kappa shape index (κ1) is 18.7. The fourth-order valence-electron chi connectivity index (χ4n) is 3.74. The van der Waals surface area contributed by atoms with Crippen molar-refractivity contribution in [3.05, 3.63) is 64.7 Å². The van der Waals surface area contributed by atoms with Crippen molar-refractivity contribution >= 4 is 10.9 Å². The summed E-state index contributed by atoms with van der Waals surface area (Å²) in [4.78, 5) is 20.5. The molecule has 2 heterocycles. The molecule has 3 aromatic rings. The summed E-state index contributed by atoms with van der Waals surface area (Å²) in [6.45, 7) is 4.82. The Labute approximate surface area is 164 Å². The Hall–Kier alpha value is -2.70. The lowest BCUT2D eigenvalue weighted by Crippen LogP contribution is -2.32. The van der Waals surface area contributed by atoms with E-state index in [1.54, 1.807) is 11.7 Å². The molecule has 1 fully saturated rings. The summed E-state index contributed by atoms with van der Waals surface area (Å²) in [5, 5.41) is 4.09. The van der Waals surface area contributed by atoms with Gasteiger partial charge in [0.15, 0.2) is 0 Å². The van der Waals surface area contributed by atoms with Gasteiger partial charge in [-0.2, -0.15) is 0 Å². The summed E-state index contributed by atoms with van der Waals surface area (Å²) in [6, 6.07) is 15.0. The third-order valence-corrected chi connectivity index (χ3v) is 5.26. The molecule has 1 N–H and O–H groups in total. The fourth-order valence-corrected chi connectivity index (χ4v) is 3.74. The van der Waals surface area contributed by atoms with Gasteiger partial charge in [0.25, 0.3) is 5.56 Å². The van der Waals surface area contributed by atoms with Crippen molar-refractivity contribution in [1.29, 1.82) is 0 Å². The molecular formula is C22H26N4O2. The number of fused-ring (bicyclic) bond motifs is 1. The van der Waals surface area contributed by atoms with Crippen molar-refractivity contribution in [3.8, 4) is 11.4 Å². The molecule has 6 heteroatoms. The first-order valence-electron chi connectivity index (χ1n) is 9.84. The van der Waals surface area contributed by atoms with Crippen molar-refractivity contribution in [2.24, 2.45) is 0 Å². The molecular weight excluding hydrogens is 352 g/mol. The Balaban J connectivity index is 1.63. The van der Waals surface area contributed by atoms with E-state index in [2.05, 4.69) is 10.2 Å². The summed E-state index contributed by atoms with van der Waals surface area (Å²) in [5.41, 5.74) is 1.47. The summed E-state index contributed by atoms with van der Waals surface area (Å²) >= 11 is 0. The summed E-state index contributed by atoms with van der Waals surface area (Å²) in [5.74, 6) is 1.48. The third-order valence-electron chi connectivity index (χ3n) is 5.26. The molecule has 0 radical (unpaired) electrons. The lowest BCUT2D eigenvalue weighted by Gasteiger charge is -2.17. The molecule has 0 unspecified atom stereocenters. The molecule has 0 atom stereocenters. The minimum atomic E-state index is -0.0490. The van der Waals surface area contributed by atoms with Gasteiger partial charge in [-0.15, -0.1) is 0 Å². The van der Waals surface area contributed by atoms with Gasteiger partial charge >= 0.3 is 0 Å². The standard InChI is InChI=1S/C22H26N4O2/c1-28-18-10-8-17(9-11-18)26-21(16-23-12-15-25-13-4-5-14-25)24-20-7-3-2-6-19(20)22(26)27/h2-3,6-11,23H,4-5,12-16H2,1H3. The van der Waals surface area contributed by atoms with E-state index in [9.17, 15) is 4.79 Å². The quantitative estimate of drug-likeness (QED) is 0.641. The number of hydrogen-bond donors (Lipinski definition) is 1. The lowest BCUT2D eigenvalue weighted by molar-refractivity contribution is 0.335. The number of benzene rings is 2. The van der Waals surface area contributed by atoms with E-state index in [0.29, 0.717) is 11.9 Å². The summed E-state index contributed by atoms with van der Waals surface area (Å²) in [6.07, 6.45) is 2.59. The molecule has 6 nitrogen and oxygen atoms in total. The first-order valence-corrected chi connectivity index (χ1v) is 9.84. The second-order valence-corrected chi connectivity index (χ2v) is 7.11. The largest absolute Gasteiger partial charge is 0.497 e. The predicted octanol–water partition coefficient (Wildman–Crippen LogP) is 2.58. The Morgan fingerprint density at radius 3 is 2.57 bits per heavy atom. The summed E-state index contributed by atoms with van der Waals surface area (Å²) < 4.78 is 6.94.